The summed E-state index contributed by atoms with van der Waals surface area (Å²) in [5.41, 5.74) is -1.83. The zero-order valence-corrected chi connectivity index (χ0v) is 28.5. The zero-order chi connectivity index (χ0) is 34.9. The Kier molecular flexibility index (Phi) is 22.0. The third kappa shape index (κ3) is 16.9. The Balaban J connectivity index is 2.85. The van der Waals surface area contributed by atoms with Gasteiger partial charge in [0.05, 0.1) is 26.3 Å². The molecule has 0 saturated carbocycles. The van der Waals surface area contributed by atoms with E-state index in [0.717, 1.165) is 38.5 Å². The lowest BCUT2D eigenvalue weighted by atomic mass is 9.83. The molecule has 11 heteroatoms. The molecule has 47 heavy (non-hydrogen) atoms. The van der Waals surface area contributed by atoms with Crippen molar-refractivity contribution in [1.82, 2.24) is 5.32 Å². The minimum atomic E-state index is -2.49. The third-order valence-corrected chi connectivity index (χ3v) is 8.03. The van der Waals surface area contributed by atoms with E-state index in [2.05, 4.69) is 12.2 Å². The van der Waals surface area contributed by atoms with E-state index in [1.54, 1.807) is 30.3 Å². The first-order valence-corrected chi connectivity index (χ1v) is 16.9. The van der Waals surface area contributed by atoms with Gasteiger partial charge in [-0.2, -0.15) is 0 Å². The summed E-state index contributed by atoms with van der Waals surface area (Å²) in [5, 5.41) is 23.8. The molecule has 1 amide bonds. The number of nitrogens with one attached hydrogen (secondary N) is 1. The van der Waals surface area contributed by atoms with Gasteiger partial charge in [0.1, 0.15) is 17.6 Å². The number of benzene rings is 1. The molecule has 1 rings (SSSR count). The van der Waals surface area contributed by atoms with Crippen molar-refractivity contribution in [2.45, 2.75) is 115 Å². The molecular weight excluding hydrogens is 609 g/mol. The summed E-state index contributed by atoms with van der Waals surface area (Å²) in [6.07, 6.45) is 13.7. The van der Waals surface area contributed by atoms with E-state index in [0.29, 0.717) is 36.4 Å². The van der Waals surface area contributed by atoms with Gasteiger partial charge in [-0.3, -0.25) is 14.0 Å². The Hall–Kier alpha value is -3.31. The fourth-order valence-electron chi connectivity index (χ4n) is 5.14. The van der Waals surface area contributed by atoms with Gasteiger partial charge in [0.2, 0.25) is 5.91 Å². The summed E-state index contributed by atoms with van der Waals surface area (Å²) in [5.74, 6) is -3.87. The van der Waals surface area contributed by atoms with Crippen LogP contribution in [0.3, 0.4) is 0 Å². The number of carboxylic acid groups (broad SMARTS) is 1. The highest BCUT2D eigenvalue weighted by Crippen LogP contribution is 2.26. The van der Waals surface area contributed by atoms with Crippen LogP contribution in [0, 0.1) is 5.92 Å². The van der Waals surface area contributed by atoms with E-state index < -0.39 is 42.1 Å². The summed E-state index contributed by atoms with van der Waals surface area (Å²) >= 11 is 0. The van der Waals surface area contributed by atoms with E-state index in [4.69, 9.17) is 14.2 Å². The molecule has 0 fully saturated rings. The van der Waals surface area contributed by atoms with E-state index in [1.807, 2.05) is 0 Å². The van der Waals surface area contributed by atoms with E-state index in [1.165, 1.54) is 39.6 Å². The monoisotopic (exact) mass is 665 g/mol. The Morgan fingerprint density at radius 3 is 2.13 bits per heavy atom. The number of hydrogen-bond donors (Lipinski definition) is 3. The second-order valence-corrected chi connectivity index (χ2v) is 11.9. The van der Waals surface area contributed by atoms with Gasteiger partial charge in [0.25, 0.3) is 0 Å². The van der Waals surface area contributed by atoms with Crippen LogP contribution in [0.1, 0.15) is 102 Å². The first kappa shape index (κ1) is 41.7. The van der Waals surface area contributed by atoms with Crippen molar-refractivity contribution in [3.05, 3.63) is 42.0 Å². The Morgan fingerprint density at radius 1 is 0.915 bits per heavy atom. The fourth-order valence-corrected chi connectivity index (χ4v) is 5.14. The maximum Gasteiger partial charge on any atom is 0.336 e. The highest BCUT2D eigenvalue weighted by Gasteiger charge is 2.47. The molecule has 0 spiro atoms. The van der Waals surface area contributed by atoms with Gasteiger partial charge in [-0.25, -0.2) is 9.59 Å². The summed E-state index contributed by atoms with van der Waals surface area (Å²) < 4.78 is 27.7. The first-order valence-electron chi connectivity index (χ1n) is 16.9. The predicted octanol–water partition coefficient (Wildman–Crippen LogP) is 5.92. The zero-order valence-electron chi connectivity index (χ0n) is 28.5. The van der Waals surface area contributed by atoms with Crippen LogP contribution in [-0.4, -0.2) is 79.6 Å². The van der Waals surface area contributed by atoms with Crippen LogP contribution in [0.4, 0.5) is 4.39 Å². The number of Topliss-reactive ketones (excluding diaryl/α,β-unsaturated/α-hetero) is 1. The van der Waals surface area contributed by atoms with Crippen LogP contribution in [-0.2, 0) is 35.1 Å². The summed E-state index contributed by atoms with van der Waals surface area (Å²) in [4.78, 5) is 50.6. The number of carbonyl (C=O) groups excluding carboxylic acids is 3. The van der Waals surface area contributed by atoms with Crippen LogP contribution in [0.25, 0.3) is 0 Å². The number of rotatable bonds is 28. The van der Waals surface area contributed by atoms with E-state index >= 15 is 0 Å². The molecule has 3 N–H and O–H groups in total. The smallest absolute Gasteiger partial charge is 0.336 e. The molecule has 0 aliphatic heterocycles. The molecule has 0 aliphatic carbocycles. The van der Waals surface area contributed by atoms with Crippen molar-refractivity contribution in [1.29, 1.82) is 0 Å². The molecule has 0 aromatic heterocycles. The second kappa shape index (κ2) is 24.8. The lowest BCUT2D eigenvalue weighted by molar-refractivity contribution is -0.169. The average molecular weight is 666 g/mol. The lowest BCUT2D eigenvalue weighted by Gasteiger charge is -2.30. The van der Waals surface area contributed by atoms with Gasteiger partial charge in [0, 0.05) is 45.8 Å². The Labute approximate surface area is 279 Å². The summed E-state index contributed by atoms with van der Waals surface area (Å²) in [6.45, 7) is 1.79. The number of aliphatic hydroxyl groups is 1. The summed E-state index contributed by atoms with van der Waals surface area (Å²) in [6, 6.07) is 5.55. The number of allylic oxidation sites excluding steroid dienone is 1. The van der Waals surface area contributed by atoms with E-state index in [-0.39, 0.29) is 32.5 Å². The number of alkyl halides is 1. The largest absolute Gasteiger partial charge is 0.494 e. The van der Waals surface area contributed by atoms with Crippen molar-refractivity contribution < 1.29 is 48.0 Å². The number of ketones is 1. The minimum absolute atomic E-state index is 0.0323. The molecule has 3 atom stereocenters. The van der Waals surface area contributed by atoms with Gasteiger partial charge in [-0.15, -0.1) is 0 Å². The van der Waals surface area contributed by atoms with Crippen LogP contribution in [0.15, 0.2) is 36.4 Å². The molecule has 0 heterocycles. The molecule has 0 saturated heterocycles. The number of carbonyl (C=O) groups is 4. The van der Waals surface area contributed by atoms with Gasteiger partial charge >= 0.3 is 11.9 Å². The molecular formula is C36H56FNO9. The number of aliphatic carboxylic acids is 1. The van der Waals surface area contributed by atoms with Crippen LogP contribution >= 0.6 is 0 Å². The molecule has 1 aromatic rings. The lowest BCUT2D eigenvalue weighted by Crippen LogP contribution is -2.55. The molecule has 0 bridgehead atoms. The molecule has 10 nitrogen and oxygen atoms in total. The van der Waals surface area contributed by atoms with Gasteiger partial charge in [-0.05, 0) is 43.4 Å². The molecule has 0 aliphatic rings. The van der Waals surface area contributed by atoms with Crippen molar-refractivity contribution in [2.24, 2.45) is 5.92 Å². The van der Waals surface area contributed by atoms with Crippen molar-refractivity contribution in [3.8, 4) is 5.75 Å². The molecule has 1 aromatic carbocycles. The van der Waals surface area contributed by atoms with E-state index in [9.17, 15) is 33.8 Å². The predicted molar refractivity (Wildman–Crippen MR) is 178 cm³/mol. The average Bonchev–Trinajstić information content (AvgIpc) is 3.06. The number of amides is 1. The quantitative estimate of drug-likeness (QED) is 0.0564. The van der Waals surface area contributed by atoms with Crippen LogP contribution < -0.4 is 10.1 Å². The Morgan fingerprint density at radius 2 is 1.55 bits per heavy atom. The second-order valence-electron chi connectivity index (χ2n) is 11.9. The van der Waals surface area contributed by atoms with Crippen LogP contribution in [0.5, 0.6) is 5.75 Å². The first-order chi connectivity index (χ1) is 22.6. The number of methoxy groups -OCH3 is 2. The number of esters is 1. The summed E-state index contributed by atoms with van der Waals surface area (Å²) in [7, 11) is 2.54. The minimum Gasteiger partial charge on any atom is -0.494 e. The molecule has 266 valence electrons. The van der Waals surface area contributed by atoms with Gasteiger partial charge in [-0.1, -0.05) is 69.7 Å². The maximum atomic E-state index is 13.6. The fraction of sp³-hybridized carbons (Fsp3) is 0.667. The van der Waals surface area contributed by atoms with Gasteiger partial charge in [0.15, 0.2) is 5.60 Å². The number of ether oxygens (including phenoxy) is 3. The van der Waals surface area contributed by atoms with Crippen molar-refractivity contribution >= 4 is 23.6 Å². The standard InChI is InChI=1S/C36H56FNO9/c1-4-5-6-9-12-16-29(39)17-13-10-7-8-11-14-18-31(36(44,35(42)43)23-26-45-2)33(40)38-32(34(41)46-3)27-28-19-21-30(22-20-28)47-25-15-24-37/h14,18-22,31-32,44H,4-13,15-17,23-27H2,1-3H3,(H,38,40)(H,42,43)/b18-14+/t31?,32-,36?/m0/s1. The van der Waals surface area contributed by atoms with Crippen molar-refractivity contribution in [3.63, 3.8) is 0 Å². The SMILES string of the molecule is CCCCCCCC(=O)CCCCCC/C=C/C(C(=O)N[C@@H](Cc1ccc(OCCCF)cc1)C(=O)OC)C(O)(CCOC)C(=O)O. The normalized spacial score (nSPS) is 13.9. The topological polar surface area (TPSA) is 148 Å². The molecule has 2 unspecified atom stereocenters. The van der Waals surface area contributed by atoms with Crippen molar-refractivity contribution in [2.75, 3.05) is 34.1 Å². The van der Waals surface area contributed by atoms with Crippen LogP contribution in [0.2, 0.25) is 0 Å². The Bertz CT molecular complexity index is 1080. The number of halogens is 1. The number of carboxylic acids is 1. The van der Waals surface area contributed by atoms with Gasteiger partial charge < -0.3 is 29.7 Å². The highest BCUT2D eigenvalue weighted by atomic mass is 19.1. The highest BCUT2D eigenvalue weighted by molar-refractivity contribution is 5.92. The number of hydrogen-bond acceptors (Lipinski definition) is 8. The molecule has 0 radical (unpaired) electrons. The third-order valence-electron chi connectivity index (χ3n) is 8.03. The maximum absolute atomic E-state index is 13.6. The number of unbranched alkanes of at least 4 members (excludes halogenated alkanes) is 8.